The van der Waals surface area contributed by atoms with Gasteiger partial charge in [-0.05, 0) is 47.7 Å². The van der Waals surface area contributed by atoms with Crippen molar-refractivity contribution in [2.75, 3.05) is 0 Å². The Balaban J connectivity index is 2.16. The first-order valence-corrected chi connectivity index (χ1v) is 8.86. The minimum Gasteiger partial charge on any atom is -0.0843 e. The van der Waals surface area contributed by atoms with Gasteiger partial charge >= 0.3 is 0 Å². The number of benzene rings is 2. The van der Waals surface area contributed by atoms with Gasteiger partial charge in [-0.15, -0.1) is 0 Å². The van der Waals surface area contributed by atoms with Gasteiger partial charge in [-0.25, -0.2) is 0 Å². The second-order valence-corrected chi connectivity index (χ2v) is 6.97. The Morgan fingerprint density at radius 3 is 1.64 bits per heavy atom. The van der Waals surface area contributed by atoms with Crippen molar-refractivity contribution in [3.8, 4) is 0 Å². The maximum absolute atomic E-state index is 6.03. The summed E-state index contributed by atoms with van der Waals surface area (Å²) in [4.78, 5) is 0. The zero-order chi connectivity index (χ0) is 15.9. The van der Waals surface area contributed by atoms with Crippen LogP contribution in [0.15, 0.2) is 48.5 Å². The SMILES string of the molecule is CCC(C)CCCC(c1ccc(Cl)cc1)c1ccc(Cl)cc1. The van der Waals surface area contributed by atoms with Gasteiger partial charge in [-0.2, -0.15) is 0 Å². The summed E-state index contributed by atoms with van der Waals surface area (Å²) in [5.41, 5.74) is 2.66. The van der Waals surface area contributed by atoms with Crippen LogP contribution in [0, 0.1) is 5.92 Å². The molecule has 2 aromatic carbocycles. The predicted molar refractivity (Wildman–Crippen MR) is 98.1 cm³/mol. The highest BCUT2D eigenvalue weighted by atomic mass is 35.5. The number of hydrogen-bond acceptors (Lipinski definition) is 0. The molecule has 0 saturated heterocycles. The number of halogens is 2. The fraction of sp³-hybridized carbons (Fsp3) is 0.400. The van der Waals surface area contributed by atoms with Crippen molar-refractivity contribution in [3.63, 3.8) is 0 Å². The third kappa shape index (κ3) is 5.04. The lowest BCUT2D eigenvalue weighted by molar-refractivity contribution is 0.474. The second-order valence-electron chi connectivity index (χ2n) is 6.10. The first-order valence-electron chi connectivity index (χ1n) is 8.11. The van der Waals surface area contributed by atoms with Gasteiger partial charge in [0.05, 0.1) is 0 Å². The van der Waals surface area contributed by atoms with Gasteiger partial charge < -0.3 is 0 Å². The van der Waals surface area contributed by atoms with Crippen molar-refractivity contribution in [1.29, 1.82) is 0 Å². The van der Waals surface area contributed by atoms with Crippen LogP contribution in [0.25, 0.3) is 0 Å². The summed E-state index contributed by atoms with van der Waals surface area (Å²) in [6.45, 7) is 4.60. The van der Waals surface area contributed by atoms with Crippen LogP contribution in [0.2, 0.25) is 10.0 Å². The van der Waals surface area contributed by atoms with Crippen molar-refractivity contribution < 1.29 is 0 Å². The second kappa shape index (κ2) is 8.60. The van der Waals surface area contributed by atoms with E-state index < -0.39 is 0 Å². The van der Waals surface area contributed by atoms with Crippen LogP contribution in [0.1, 0.15) is 56.6 Å². The molecule has 0 radical (unpaired) electrons. The van der Waals surface area contributed by atoms with Gasteiger partial charge in [-0.1, -0.05) is 80.6 Å². The molecule has 0 spiro atoms. The fourth-order valence-corrected chi connectivity index (χ4v) is 3.04. The molecule has 0 amide bonds. The van der Waals surface area contributed by atoms with Crippen molar-refractivity contribution in [2.24, 2.45) is 5.92 Å². The van der Waals surface area contributed by atoms with Crippen LogP contribution in [0.3, 0.4) is 0 Å². The Bertz CT molecular complexity index is 512. The van der Waals surface area contributed by atoms with Gasteiger partial charge in [0.2, 0.25) is 0 Å². The Labute approximate surface area is 144 Å². The van der Waals surface area contributed by atoms with Crippen LogP contribution in [-0.4, -0.2) is 0 Å². The lowest BCUT2D eigenvalue weighted by Gasteiger charge is -2.19. The average Bonchev–Trinajstić information content (AvgIpc) is 2.53. The highest BCUT2D eigenvalue weighted by molar-refractivity contribution is 6.30. The molecule has 0 bridgehead atoms. The molecule has 0 aliphatic carbocycles. The van der Waals surface area contributed by atoms with Crippen LogP contribution in [0.5, 0.6) is 0 Å². The fourth-order valence-electron chi connectivity index (χ4n) is 2.79. The third-order valence-electron chi connectivity index (χ3n) is 4.43. The first-order chi connectivity index (χ1) is 10.6. The maximum atomic E-state index is 6.03. The Morgan fingerprint density at radius 1 is 0.773 bits per heavy atom. The van der Waals surface area contributed by atoms with Gasteiger partial charge in [0.25, 0.3) is 0 Å². The van der Waals surface area contributed by atoms with E-state index in [4.69, 9.17) is 23.2 Å². The minimum atomic E-state index is 0.415. The first kappa shape index (κ1) is 17.4. The van der Waals surface area contributed by atoms with Gasteiger partial charge in [0, 0.05) is 16.0 Å². The van der Waals surface area contributed by atoms with E-state index in [1.54, 1.807) is 0 Å². The van der Waals surface area contributed by atoms with Gasteiger partial charge in [0.15, 0.2) is 0 Å². The third-order valence-corrected chi connectivity index (χ3v) is 4.94. The maximum Gasteiger partial charge on any atom is 0.0406 e. The number of hydrogen-bond donors (Lipinski definition) is 0. The summed E-state index contributed by atoms with van der Waals surface area (Å²) < 4.78 is 0. The van der Waals surface area contributed by atoms with E-state index >= 15 is 0 Å². The molecule has 118 valence electrons. The van der Waals surface area contributed by atoms with Gasteiger partial charge in [0.1, 0.15) is 0 Å². The molecule has 0 aliphatic heterocycles. The van der Waals surface area contributed by atoms with E-state index in [2.05, 4.69) is 38.1 Å². The molecule has 2 rings (SSSR count). The summed E-state index contributed by atoms with van der Waals surface area (Å²) in [6, 6.07) is 16.5. The molecule has 2 aromatic rings. The zero-order valence-corrected chi connectivity index (χ0v) is 14.9. The smallest absolute Gasteiger partial charge is 0.0406 e. The molecule has 0 heterocycles. The largest absolute Gasteiger partial charge is 0.0843 e. The Kier molecular flexibility index (Phi) is 6.79. The summed E-state index contributed by atoms with van der Waals surface area (Å²) >= 11 is 12.1. The molecule has 1 atom stereocenters. The minimum absolute atomic E-state index is 0.415. The lowest BCUT2D eigenvalue weighted by atomic mass is 9.86. The standard InChI is InChI=1S/C20H24Cl2/c1-3-15(2)5-4-6-20(16-7-11-18(21)12-8-16)17-9-13-19(22)14-10-17/h7-15,20H,3-6H2,1-2H3. The monoisotopic (exact) mass is 334 g/mol. The summed E-state index contributed by atoms with van der Waals surface area (Å²) in [5, 5.41) is 1.58. The van der Waals surface area contributed by atoms with Crippen LogP contribution < -0.4 is 0 Å². The normalized spacial score (nSPS) is 12.6. The molecule has 0 nitrogen and oxygen atoms in total. The van der Waals surface area contributed by atoms with Crippen molar-refractivity contribution in [3.05, 3.63) is 69.7 Å². The highest BCUT2D eigenvalue weighted by Gasteiger charge is 2.14. The highest BCUT2D eigenvalue weighted by Crippen LogP contribution is 2.32. The predicted octanol–water partition coefficient (Wildman–Crippen LogP) is 7.34. The van der Waals surface area contributed by atoms with E-state index in [0.717, 1.165) is 22.4 Å². The van der Waals surface area contributed by atoms with Crippen molar-refractivity contribution in [1.82, 2.24) is 0 Å². The summed E-state index contributed by atoms with van der Waals surface area (Å²) in [7, 11) is 0. The molecular formula is C20H24Cl2. The molecule has 0 aliphatic rings. The van der Waals surface area contributed by atoms with Crippen molar-refractivity contribution >= 4 is 23.2 Å². The molecule has 0 saturated carbocycles. The molecule has 0 fully saturated rings. The summed E-state index contributed by atoms with van der Waals surface area (Å²) in [6.07, 6.45) is 4.94. The van der Waals surface area contributed by atoms with E-state index in [1.165, 1.54) is 30.4 Å². The van der Waals surface area contributed by atoms with E-state index in [-0.39, 0.29) is 0 Å². The molecule has 22 heavy (non-hydrogen) atoms. The summed E-state index contributed by atoms with van der Waals surface area (Å²) in [5.74, 6) is 1.22. The van der Waals surface area contributed by atoms with Crippen LogP contribution in [0.4, 0.5) is 0 Å². The average molecular weight is 335 g/mol. The molecule has 0 N–H and O–H groups in total. The topological polar surface area (TPSA) is 0 Å². The number of rotatable bonds is 7. The van der Waals surface area contributed by atoms with E-state index in [0.29, 0.717) is 5.92 Å². The molecule has 0 aromatic heterocycles. The molecule has 2 heteroatoms. The van der Waals surface area contributed by atoms with Crippen molar-refractivity contribution in [2.45, 2.75) is 45.4 Å². The molecule has 1 unspecified atom stereocenters. The van der Waals surface area contributed by atoms with E-state index in [1.807, 2.05) is 24.3 Å². The molecular weight excluding hydrogens is 311 g/mol. The lowest BCUT2D eigenvalue weighted by Crippen LogP contribution is -2.03. The van der Waals surface area contributed by atoms with E-state index in [9.17, 15) is 0 Å². The quantitative estimate of drug-likeness (QED) is 0.496. The Hall–Kier alpha value is -0.980. The van der Waals surface area contributed by atoms with Crippen LogP contribution >= 0.6 is 23.2 Å². The van der Waals surface area contributed by atoms with Gasteiger partial charge in [-0.3, -0.25) is 0 Å². The Morgan fingerprint density at radius 2 is 1.23 bits per heavy atom. The van der Waals surface area contributed by atoms with Crippen LogP contribution in [-0.2, 0) is 0 Å². The zero-order valence-electron chi connectivity index (χ0n) is 13.4.